The van der Waals surface area contributed by atoms with E-state index in [1.807, 2.05) is 31.2 Å². The molecular formula is C12H18N2O2. The molecule has 0 saturated heterocycles. The molecule has 0 saturated carbocycles. The molecule has 0 aliphatic heterocycles. The maximum atomic E-state index is 11.1. The van der Waals surface area contributed by atoms with Crippen molar-refractivity contribution in [2.24, 2.45) is 5.73 Å². The maximum Gasteiger partial charge on any atom is 0.233 e. The van der Waals surface area contributed by atoms with E-state index in [2.05, 4.69) is 5.32 Å². The van der Waals surface area contributed by atoms with Crippen molar-refractivity contribution in [2.75, 3.05) is 13.7 Å². The van der Waals surface area contributed by atoms with E-state index in [0.29, 0.717) is 0 Å². The SMILES string of the molecule is COc1ccc(CC(C)NC(=O)CN)cc1. The largest absolute Gasteiger partial charge is 0.497 e. The first-order valence-corrected chi connectivity index (χ1v) is 5.28. The number of amides is 1. The van der Waals surface area contributed by atoms with Gasteiger partial charge in [0.05, 0.1) is 13.7 Å². The Balaban J connectivity index is 2.49. The molecule has 3 N–H and O–H groups in total. The maximum absolute atomic E-state index is 11.1. The van der Waals surface area contributed by atoms with Crippen LogP contribution in [0, 0.1) is 0 Å². The van der Waals surface area contributed by atoms with Crippen LogP contribution < -0.4 is 15.8 Å². The van der Waals surface area contributed by atoms with Gasteiger partial charge in [0.2, 0.25) is 5.91 Å². The lowest BCUT2D eigenvalue weighted by Crippen LogP contribution is -2.38. The number of ether oxygens (including phenoxy) is 1. The summed E-state index contributed by atoms with van der Waals surface area (Å²) in [6.45, 7) is 1.99. The van der Waals surface area contributed by atoms with Crippen molar-refractivity contribution in [1.29, 1.82) is 0 Å². The van der Waals surface area contributed by atoms with Crippen molar-refractivity contribution in [3.05, 3.63) is 29.8 Å². The minimum Gasteiger partial charge on any atom is -0.497 e. The second-order valence-corrected chi connectivity index (χ2v) is 3.72. The molecule has 0 aromatic heterocycles. The molecule has 4 heteroatoms. The van der Waals surface area contributed by atoms with E-state index in [1.165, 1.54) is 0 Å². The molecule has 16 heavy (non-hydrogen) atoms. The molecule has 88 valence electrons. The number of hydrogen-bond acceptors (Lipinski definition) is 3. The van der Waals surface area contributed by atoms with Gasteiger partial charge < -0.3 is 15.8 Å². The van der Waals surface area contributed by atoms with Crippen LogP contribution in [0.25, 0.3) is 0 Å². The predicted molar refractivity (Wildman–Crippen MR) is 63.4 cm³/mol. The molecule has 1 atom stereocenters. The first-order chi connectivity index (χ1) is 7.65. The number of nitrogens with two attached hydrogens (primary N) is 1. The second-order valence-electron chi connectivity index (χ2n) is 3.72. The molecule has 0 bridgehead atoms. The Labute approximate surface area is 95.8 Å². The van der Waals surface area contributed by atoms with Gasteiger partial charge in [0.25, 0.3) is 0 Å². The molecule has 0 heterocycles. The summed E-state index contributed by atoms with van der Waals surface area (Å²) in [4.78, 5) is 11.1. The van der Waals surface area contributed by atoms with Crippen LogP contribution >= 0.6 is 0 Å². The van der Waals surface area contributed by atoms with Gasteiger partial charge in [-0.15, -0.1) is 0 Å². The van der Waals surface area contributed by atoms with Crippen LogP contribution in [-0.4, -0.2) is 25.6 Å². The standard InChI is InChI=1S/C12H18N2O2/c1-9(14-12(15)8-13)7-10-3-5-11(16-2)6-4-10/h3-6,9H,7-8,13H2,1-2H3,(H,14,15). The Kier molecular flexibility index (Phi) is 4.79. The van der Waals surface area contributed by atoms with Gasteiger partial charge in [-0.05, 0) is 31.0 Å². The highest BCUT2D eigenvalue weighted by Crippen LogP contribution is 2.12. The molecule has 0 aliphatic rings. The normalized spacial score (nSPS) is 11.9. The van der Waals surface area contributed by atoms with Gasteiger partial charge in [0.15, 0.2) is 0 Å². The van der Waals surface area contributed by atoms with E-state index in [1.54, 1.807) is 7.11 Å². The highest BCUT2D eigenvalue weighted by atomic mass is 16.5. The number of rotatable bonds is 5. The number of carbonyl (C=O) groups excluding carboxylic acids is 1. The molecule has 0 radical (unpaired) electrons. The van der Waals surface area contributed by atoms with E-state index in [4.69, 9.17) is 10.5 Å². The molecule has 1 rings (SSSR count). The molecule has 1 aromatic rings. The van der Waals surface area contributed by atoms with Crippen LogP contribution in [0.3, 0.4) is 0 Å². The predicted octanol–water partition coefficient (Wildman–Crippen LogP) is 0.701. The quantitative estimate of drug-likeness (QED) is 0.771. The molecular weight excluding hydrogens is 204 g/mol. The molecule has 0 spiro atoms. The summed E-state index contributed by atoms with van der Waals surface area (Å²) in [6, 6.07) is 7.89. The van der Waals surface area contributed by atoms with Crippen molar-refractivity contribution in [3.63, 3.8) is 0 Å². The summed E-state index contributed by atoms with van der Waals surface area (Å²) in [5.74, 6) is 0.711. The summed E-state index contributed by atoms with van der Waals surface area (Å²) in [5, 5.41) is 2.81. The average molecular weight is 222 g/mol. The van der Waals surface area contributed by atoms with Gasteiger partial charge in [-0.1, -0.05) is 12.1 Å². The first kappa shape index (κ1) is 12.5. The zero-order valence-corrected chi connectivity index (χ0v) is 9.69. The van der Waals surface area contributed by atoms with Crippen LogP contribution in [0.4, 0.5) is 0 Å². The fourth-order valence-electron chi connectivity index (χ4n) is 1.50. The van der Waals surface area contributed by atoms with Gasteiger partial charge >= 0.3 is 0 Å². The van der Waals surface area contributed by atoms with Crippen LogP contribution in [0.15, 0.2) is 24.3 Å². The Bertz CT molecular complexity index is 335. The zero-order chi connectivity index (χ0) is 12.0. The lowest BCUT2D eigenvalue weighted by Gasteiger charge is -2.13. The highest BCUT2D eigenvalue weighted by Gasteiger charge is 2.06. The van der Waals surface area contributed by atoms with Crippen molar-refractivity contribution in [3.8, 4) is 5.75 Å². The summed E-state index contributed by atoms with van der Waals surface area (Å²) >= 11 is 0. The van der Waals surface area contributed by atoms with Crippen molar-refractivity contribution in [2.45, 2.75) is 19.4 Å². The van der Waals surface area contributed by atoms with Gasteiger partial charge in [-0.2, -0.15) is 0 Å². The first-order valence-electron chi connectivity index (χ1n) is 5.28. The third-order valence-electron chi connectivity index (χ3n) is 2.29. The lowest BCUT2D eigenvalue weighted by atomic mass is 10.1. The van der Waals surface area contributed by atoms with E-state index >= 15 is 0 Å². The van der Waals surface area contributed by atoms with E-state index < -0.39 is 0 Å². The third kappa shape index (κ3) is 3.90. The fourth-order valence-corrected chi connectivity index (χ4v) is 1.50. The monoisotopic (exact) mass is 222 g/mol. The number of methoxy groups -OCH3 is 1. The molecule has 1 unspecified atom stereocenters. The number of benzene rings is 1. The second kappa shape index (κ2) is 6.12. The third-order valence-corrected chi connectivity index (χ3v) is 2.29. The summed E-state index contributed by atoms with van der Waals surface area (Å²) in [5.41, 5.74) is 6.38. The molecule has 1 aromatic carbocycles. The Morgan fingerprint density at radius 2 is 2.06 bits per heavy atom. The van der Waals surface area contributed by atoms with Crippen LogP contribution in [-0.2, 0) is 11.2 Å². The highest BCUT2D eigenvalue weighted by molar-refractivity contribution is 5.78. The average Bonchev–Trinajstić information content (AvgIpc) is 2.29. The van der Waals surface area contributed by atoms with Gasteiger partial charge in [-0.25, -0.2) is 0 Å². The number of hydrogen-bond donors (Lipinski definition) is 2. The molecule has 1 amide bonds. The van der Waals surface area contributed by atoms with E-state index in [0.717, 1.165) is 17.7 Å². The van der Waals surface area contributed by atoms with Crippen LogP contribution in [0.5, 0.6) is 5.75 Å². The summed E-state index contributed by atoms with van der Waals surface area (Å²) in [7, 11) is 1.64. The molecule has 0 fully saturated rings. The van der Waals surface area contributed by atoms with Gasteiger partial charge in [0, 0.05) is 6.04 Å². The number of carbonyl (C=O) groups is 1. The molecule has 4 nitrogen and oxygen atoms in total. The van der Waals surface area contributed by atoms with E-state index in [-0.39, 0.29) is 18.5 Å². The van der Waals surface area contributed by atoms with Crippen molar-refractivity contribution < 1.29 is 9.53 Å². The minimum absolute atomic E-state index is 0.0347. The topological polar surface area (TPSA) is 64.3 Å². The minimum atomic E-state index is -0.124. The fraction of sp³-hybridized carbons (Fsp3) is 0.417. The van der Waals surface area contributed by atoms with Crippen molar-refractivity contribution in [1.82, 2.24) is 5.32 Å². The van der Waals surface area contributed by atoms with Crippen LogP contribution in [0.1, 0.15) is 12.5 Å². The zero-order valence-electron chi connectivity index (χ0n) is 9.69. The number of nitrogens with one attached hydrogen (secondary N) is 1. The Morgan fingerprint density at radius 1 is 1.44 bits per heavy atom. The summed E-state index contributed by atoms with van der Waals surface area (Å²) in [6.07, 6.45) is 0.787. The van der Waals surface area contributed by atoms with Gasteiger partial charge in [0.1, 0.15) is 5.75 Å². The van der Waals surface area contributed by atoms with Gasteiger partial charge in [-0.3, -0.25) is 4.79 Å². The lowest BCUT2D eigenvalue weighted by molar-refractivity contribution is -0.120. The van der Waals surface area contributed by atoms with E-state index in [9.17, 15) is 4.79 Å². The smallest absolute Gasteiger partial charge is 0.233 e. The van der Waals surface area contributed by atoms with Crippen LogP contribution in [0.2, 0.25) is 0 Å². The molecule has 0 aliphatic carbocycles. The Morgan fingerprint density at radius 3 is 2.56 bits per heavy atom. The summed E-state index contributed by atoms with van der Waals surface area (Å²) < 4.78 is 5.07. The van der Waals surface area contributed by atoms with Crippen molar-refractivity contribution >= 4 is 5.91 Å². The Hall–Kier alpha value is -1.55.